The van der Waals surface area contributed by atoms with Gasteiger partial charge in [-0.25, -0.2) is 4.98 Å². The standard InChI is InChI=1S/C8H9BBrNO2/c1-5(2)7-3-6(9(12)13)4-8(10)11-7/h3-4,12-13H,1H2,2H3. The Kier molecular flexibility index (Phi) is 3.25. The van der Waals surface area contributed by atoms with Gasteiger partial charge in [-0.2, -0.15) is 0 Å². The predicted octanol–water partition coefficient (Wildman–Crippen LogP) is 0.557. The average molecular weight is 242 g/mol. The SMILES string of the molecule is C=C(C)c1cc(B(O)O)cc(Br)n1. The van der Waals surface area contributed by atoms with Crippen molar-refractivity contribution in [3.05, 3.63) is 29.0 Å². The Labute approximate surface area is 85.4 Å². The highest BCUT2D eigenvalue weighted by Crippen LogP contribution is 2.11. The van der Waals surface area contributed by atoms with Crippen LogP contribution in [0.4, 0.5) is 0 Å². The van der Waals surface area contributed by atoms with Crippen molar-refractivity contribution < 1.29 is 10.0 Å². The van der Waals surface area contributed by atoms with E-state index in [1.165, 1.54) is 0 Å². The number of nitrogens with zero attached hydrogens (tertiary/aromatic N) is 1. The van der Waals surface area contributed by atoms with E-state index in [1.54, 1.807) is 12.1 Å². The molecule has 0 fully saturated rings. The lowest BCUT2D eigenvalue weighted by Crippen LogP contribution is -2.30. The lowest BCUT2D eigenvalue weighted by molar-refractivity contribution is 0.425. The molecule has 0 aliphatic heterocycles. The second kappa shape index (κ2) is 4.04. The van der Waals surface area contributed by atoms with Gasteiger partial charge in [0.25, 0.3) is 0 Å². The van der Waals surface area contributed by atoms with Crippen molar-refractivity contribution in [1.29, 1.82) is 0 Å². The van der Waals surface area contributed by atoms with Gasteiger partial charge < -0.3 is 10.0 Å². The zero-order valence-corrected chi connectivity index (χ0v) is 8.74. The summed E-state index contributed by atoms with van der Waals surface area (Å²) >= 11 is 3.18. The molecule has 0 saturated carbocycles. The third-order valence-electron chi connectivity index (χ3n) is 1.55. The summed E-state index contributed by atoms with van der Waals surface area (Å²) in [6.45, 7) is 5.53. The van der Waals surface area contributed by atoms with E-state index in [0.29, 0.717) is 15.8 Å². The van der Waals surface area contributed by atoms with Crippen LogP contribution in [0.25, 0.3) is 5.57 Å². The summed E-state index contributed by atoms with van der Waals surface area (Å²) in [5.74, 6) is 0. The normalized spacial score (nSPS) is 9.85. The second-order valence-electron chi connectivity index (χ2n) is 2.76. The van der Waals surface area contributed by atoms with Crippen LogP contribution in [0.15, 0.2) is 23.3 Å². The smallest absolute Gasteiger partial charge is 0.423 e. The Bertz CT molecular complexity index is 341. The number of allylic oxidation sites excluding steroid dienone is 1. The minimum absolute atomic E-state index is 0.403. The molecule has 0 aromatic carbocycles. The van der Waals surface area contributed by atoms with Crippen molar-refractivity contribution >= 4 is 34.1 Å². The monoisotopic (exact) mass is 241 g/mol. The van der Waals surface area contributed by atoms with Crippen LogP contribution in [-0.2, 0) is 0 Å². The number of halogens is 1. The maximum Gasteiger partial charge on any atom is 0.488 e. The number of rotatable bonds is 2. The summed E-state index contributed by atoms with van der Waals surface area (Å²) in [5, 5.41) is 17.9. The highest BCUT2D eigenvalue weighted by molar-refractivity contribution is 9.10. The van der Waals surface area contributed by atoms with Gasteiger partial charge in [0.05, 0.1) is 5.69 Å². The van der Waals surface area contributed by atoms with Gasteiger partial charge in [0, 0.05) is 0 Å². The first-order chi connectivity index (χ1) is 6.00. The fourth-order valence-electron chi connectivity index (χ4n) is 0.884. The van der Waals surface area contributed by atoms with Crippen LogP contribution >= 0.6 is 15.9 Å². The predicted molar refractivity (Wildman–Crippen MR) is 56.5 cm³/mol. The van der Waals surface area contributed by atoms with E-state index in [-0.39, 0.29) is 0 Å². The van der Waals surface area contributed by atoms with Gasteiger partial charge in [0.15, 0.2) is 0 Å². The van der Waals surface area contributed by atoms with Crippen molar-refractivity contribution in [2.24, 2.45) is 0 Å². The Morgan fingerprint density at radius 3 is 2.62 bits per heavy atom. The Morgan fingerprint density at radius 1 is 1.54 bits per heavy atom. The van der Waals surface area contributed by atoms with Crippen LogP contribution in [0.3, 0.4) is 0 Å². The van der Waals surface area contributed by atoms with Gasteiger partial charge in [-0.1, -0.05) is 6.58 Å². The van der Waals surface area contributed by atoms with Crippen LogP contribution in [0.2, 0.25) is 0 Å². The molecule has 0 spiro atoms. The number of pyridine rings is 1. The van der Waals surface area contributed by atoms with Crippen LogP contribution in [-0.4, -0.2) is 22.2 Å². The van der Waals surface area contributed by atoms with Crippen LogP contribution in [0.1, 0.15) is 12.6 Å². The highest BCUT2D eigenvalue weighted by Gasteiger charge is 2.13. The summed E-state index contributed by atoms with van der Waals surface area (Å²) in [7, 11) is -1.47. The molecule has 1 heterocycles. The summed E-state index contributed by atoms with van der Waals surface area (Å²) in [6, 6.07) is 3.15. The Morgan fingerprint density at radius 2 is 2.15 bits per heavy atom. The fourth-order valence-corrected chi connectivity index (χ4v) is 1.34. The van der Waals surface area contributed by atoms with Gasteiger partial charge in [-0.05, 0) is 46.0 Å². The van der Waals surface area contributed by atoms with E-state index in [9.17, 15) is 0 Å². The summed E-state index contributed by atoms with van der Waals surface area (Å²) in [4.78, 5) is 4.11. The topological polar surface area (TPSA) is 53.4 Å². The highest BCUT2D eigenvalue weighted by atomic mass is 79.9. The van der Waals surface area contributed by atoms with E-state index in [4.69, 9.17) is 10.0 Å². The van der Waals surface area contributed by atoms with Crippen molar-refractivity contribution in [3.8, 4) is 0 Å². The number of hydrogen-bond acceptors (Lipinski definition) is 3. The van der Waals surface area contributed by atoms with E-state index >= 15 is 0 Å². The molecule has 3 nitrogen and oxygen atoms in total. The van der Waals surface area contributed by atoms with E-state index < -0.39 is 7.12 Å². The molecule has 0 amide bonds. The van der Waals surface area contributed by atoms with Crippen molar-refractivity contribution in [3.63, 3.8) is 0 Å². The maximum atomic E-state index is 8.93. The van der Waals surface area contributed by atoms with Crippen LogP contribution in [0.5, 0.6) is 0 Å². The third kappa shape index (κ3) is 2.65. The summed E-state index contributed by atoms with van der Waals surface area (Å²) in [5.41, 5.74) is 1.83. The third-order valence-corrected chi connectivity index (χ3v) is 1.96. The zero-order chi connectivity index (χ0) is 10.0. The lowest BCUT2D eigenvalue weighted by Gasteiger charge is -2.04. The van der Waals surface area contributed by atoms with Crippen LogP contribution < -0.4 is 5.46 Å². The Balaban J connectivity index is 3.19. The average Bonchev–Trinajstić information content (AvgIpc) is 2.03. The van der Waals surface area contributed by atoms with Crippen molar-refractivity contribution in [2.75, 3.05) is 0 Å². The molecule has 0 atom stereocenters. The minimum Gasteiger partial charge on any atom is -0.423 e. The molecule has 13 heavy (non-hydrogen) atoms. The van der Waals surface area contributed by atoms with E-state index in [2.05, 4.69) is 27.5 Å². The van der Waals surface area contributed by atoms with E-state index in [1.807, 2.05) is 6.92 Å². The molecule has 1 rings (SSSR count). The van der Waals surface area contributed by atoms with Gasteiger partial charge in [0.2, 0.25) is 0 Å². The number of hydrogen-bond donors (Lipinski definition) is 2. The van der Waals surface area contributed by atoms with Gasteiger partial charge in [-0.3, -0.25) is 0 Å². The summed E-state index contributed by atoms with van der Waals surface area (Å²) in [6.07, 6.45) is 0. The van der Waals surface area contributed by atoms with Crippen LogP contribution in [0, 0.1) is 0 Å². The molecule has 0 bridgehead atoms. The van der Waals surface area contributed by atoms with E-state index in [0.717, 1.165) is 5.57 Å². The fraction of sp³-hybridized carbons (Fsp3) is 0.125. The lowest BCUT2D eigenvalue weighted by atomic mass is 9.80. The second-order valence-corrected chi connectivity index (χ2v) is 3.57. The Hall–Kier alpha value is -0.645. The molecule has 1 aromatic heterocycles. The van der Waals surface area contributed by atoms with Crippen molar-refractivity contribution in [2.45, 2.75) is 6.92 Å². The molecule has 1 aromatic rings. The molecule has 0 aliphatic rings. The molecule has 2 N–H and O–H groups in total. The first-order valence-corrected chi connectivity index (χ1v) is 4.49. The molecule has 0 unspecified atom stereocenters. The first-order valence-electron chi connectivity index (χ1n) is 3.70. The first kappa shape index (κ1) is 10.4. The minimum atomic E-state index is -1.47. The molecule has 68 valence electrons. The van der Waals surface area contributed by atoms with Gasteiger partial charge in [-0.15, -0.1) is 0 Å². The van der Waals surface area contributed by atoms with Gasteiger partial charge in [0.1, 0.15) is 4.60 Å². The molecular formula is C8H9BBrNO2. The van der Waals surface area contributed by atoms with Gasteiger partial charge >= 0.3 is 7.12 Å². The molecule has 0 saturated heterocycles. The number of aromatic nitrogens is 1. The molecular weight excluding hydrogens is 233 g/mol. The molecule has 5 heteroatoms. The quantitative estimate of drug-likeness (QED) is 0.588. The molecule has 0 aliphatic carbocycles. The summed E-state index contributed by atoms with van der Waals surface area (Å²) < 4.78 is 0.566. The maximum absolute atomic E-state index is 8.93. The zero-order valence-electron chi connectivity index (χ0n) is 7.16. The molecule has 0 radical (unpaired) electrons. The van der Waals surface area contributed by atoms with Crippen molar-refractivity contribution in [1.82, 2.24) is 4.98 Å². The largest absolute Gasteiger partial charge is 0.488 e.